The molecule has 0 radical (unpaired) electrons. The fourth-order valence-electron chi connectivity index (χ4n) is 1.65. The molecule has 5 heteroatoms. The van der Waals surface area contributed by atoms with E-state index in [1.807, 2.05) is 24.3 Å². The molecule has 0 amide bonds. The molecule has 0 aliphatic heterocycles. The summed E-state index contributed by atoms with van der Waals surface area (Å²) in [6.07, 6.45) is 0.122. The molecule has 0 N–H and O–H groups in total. The van der Waals surface area contributed by atoms with E-state index in [0.29, 0.717) is 15.8 Å². The highest BCUT2D eigenvalue weighted by atomic mass is 79.9. The van der Waals surface area contributed by atoms with Crippen molar-refractivity contribution in [3.63, 3.8) is 0 Å². The van der Waals surface area contributed by atoms with Crippen LogP contribution in [-0.2, 0) is 11.2 Å². The van der Waals surface area contributed by atoms with Crippen molar-refractivity contribution in [2.45, 2.75) is 11.3 Å². The Kier molecular flexibility index (Phi) is 5.81. The van der Waals surface area contributed by atoms with Crippen LogP contribution < -0.4 is 0 Å². The molecule has 0 spiro atoms. The molecule has 0 atom stereocenters. The smallest absolute Gasteiger partial charge is 0.147 e. The molecular formula is C15H11Br2FOS. The Morgan fingerprint density at radius 1 is 1.15 bits per heavy atom. The Hall–Kier alpha value is -0.650. The van der Waals surface area contributed by atoms with E-state index in [2.05, 4.69) is 31.9 Å². The molecule has 1 nitrogen and oxygen atoms in total. The van der Waals surface area contributed by atoms with Gasteiger partial charge in [0.15, 0.2) is 0 Å². The van der Waals surface area contributed by atoms with E-state index in [0.717, 1.165) is 9.37 Å². The summed E-state index contributed by atoms with van der Waals surface area (Å²) in [5.41, 5.74) is 0.436. The van der Waals surface area contributed by atoms with Gasteiger partial charge in [-0.25, -0.2) is 4.39 Å². The van der Waals surface area contributed by atoms with Gasteiger partial charge in [0.05, 0.1) is 5.75 Å². The summed E-state index contributed by atoms with van der Waals surface area (Å²) < 4.78 is 15.3. The molecule has 2 aromatic carbocycles. The van der Waals surface area contributed by atoms with Crippen molar-refractivity contribution in [1.29, 1.82) is 0 Å². The standard InChI is InChI=1S/C15H11Br2FOS/c16-11-6-5-10(14(18)8-11)7-12(19)9-20-15-4-2-1-3-13(15)17/h1-6,8H,7,9H2. The topological polar surface area (TPSA) is 17.1 Å². The third-order valence-corrected chi connectivity index (χ3v) is 5.21. The summed E-state index contributed by atoms with van der Waals surface area (Å²) in [4.78, 5) is 12.9. The molecule has 0 aliphatic rings. The van der Waals surface area contributed by atoms with E-state index in [1.165, 1.54) is 17.8 Å². The maximum absolute atomic E-state index is 13.6. The first-order valence-corrected chi connectivity index (χ1v) is 8.46. The summed E-state index contributed by atoms with van der Waals surface area (Å²) in [7, 11) is 0. The van der Waals surface area contributed by atoms with Gasteiger partial charge in [0.25, 0.3) is 0 Å². The lowest BCUT2D eigenvalue weighted by atomic mass is 10.1. The van der Waals surface area contributed by atoms with Crippen LogP contribution in [0.4, 0.5) is 4.39 Å². The number of carbonyl (C=O) groups excluding carboxylic acids is 1. The maximum Gasteiger partial charge on any atom is 0.147 e. The number of hydrogen-bond acceptors (Lipinski definition) is 2. The van der Waals surface area contributed by atoms with Gasteiger partial charge in [0, 0.05) is 20.3 Å². The van der Waals surface area contributed by atoms with Crippen LogP contribution in [0.3, 0.4) is 0 Å². The fourth-order valence-corrected chi connectivity index (χ4v) is 3.41. The van der Waals surface area contributed by atoms with Gasteiger partial charge >= 0.3 is 0 Å². The SMILES string of the molecule is O=C(CSc1ccccc1Br)Cc1ccc(Br)cc1F. The average molecular weight is 418 g/mol. The molecule has 2 aromatic rings. The normalized spacial score (nSPS) is 10.6. The predicted octanol–water partition coefficient (Wildman–Crippen LogP) is 5.25. The van der Waals surface area contributed by atoms with E-state index in [-0.39, 0.29) is 18.0 Å². The number of halogens is 3. The van der Waals surface area contributed by atoms with Gasteiger partial charge in [-0.1, -0.05) is 34.1 Å². The highest BCUT2D eigenvalue weighted by Crippen LogP contribution is 2.27. The molecule has 20 heavy (non-hydrogen) atoms. The maximum atomic E-state index is 13.6. The third-order valence-electron chi connectivity index (χ3n) is 2.63. The van der Waals surface area contributed by atoms with Gasteiger partial charge in [-0.2, -0.15) is 0 Å². The summed E-state index contributed by atoms with van der Waals surface area (Å²) in [6.45, 7) is 0. The third kappa shape index (κ3) is 4.43. The molecule has 0 heterocycles. The van der Waals surface area contributed by atoms with Crippen molar-refractivity contribution in [3.05, 3.63) is 62.8 Å². The van der Waals surface area contributed by atoms with Crippen LogP contribution in [0, 0.1) is 5.82 Å². The lowest BCUT2D eigenvalue weighted by Gasteiger charge is -2.05. The molecule has 0 saturated heterocycles. The first kappa shape index (κ1) is 15.7. The lowest BCUT2D eigenvalue weighted by molar-refractivity contribution is -0.116. The number of hydrogen-bond donors (Lipinski definition) is 0. The predicted molar refractivity (Wildman–Crippen MR) is 87.7 cm³/mol. The Bertz CT molecular complexity index is 631. The largest absolute Gasteiger partial charge is 0.298 e. The molecular weight excluding hydrogens is 407 g/mol. The number of ketones is 1. The zero-order valence-corrected chi connectivity index (χ0v) is 14.4. The first-order valence-electron chi connectivity index (χ1n) is 5.89. The Morgan fingerprint density at radius 2 is 1.90 bits per heavy atom. The van der Waals surface area contributed by atoms with Crippen LogP contribution in [0.5, 0.6) is 0 Å². The highest BCUT2D eigenvalue weighted by Gasteiger charge is 2.10. The quantitative estimate of drug-likeness (QED) is 0.617. The lowest BCUT2D eigenvalue weighted by Crippen LogP contribution is -2.07. The number of carbonyl (C=O) groups is 1. The van der Waals surface area contributed by atoms with Gasteiger partial charge < -0.3 is 0 Å². The minimum atomic E-state index is -0.349. The fraction of sp³-hybridized carbons (Fsp3) is 0.133. The van der Waals surface area contributed by atoms with Crippen molar-refractivity contribution in [2.75, 3.05) is 5.75 Å². The Balaban J connectivity index is 1.94. The van der Waals surface area contributed by atoms with Gasteiger partial charge in [-0.05, 0) is 45.8 Å². The minimum absolute atomic E-state index is 0.00646. The second kappa shape index (κ2) is 7.38. The van der Waals surface area contributed by atoms with E-state index in [1.54, 1.807) is 12.1 Å². The van der Waals surface area contributed by atoms with Crippen molar-refractivity contribution < 1.29 is 9.18 Å². The molecule has 0 aromatic heterocycles. The highest BCUT2D eigenvalue weighted by molar-refractivity contribution is 9.10. The first-order chi connectivity index (χ1) is 9.56. The number of thioether (sulfide) groups is 1. The monoisotopic (exact) mass is 416 g/mol. The van der Waals surface area contributed by atoms with Gasteiger partial charge in [0.1, 0.15) is 11.6 Å². The van der Waals surface area contributed by atoms with Gasteiger partial charge in [0.2, 0.25) is 0 Å². The van der Waals surface area contributed by atoms with Crippen LogP contribution in [0.2, 0.25) is 0 Å². The second-order valence-corrected chi connectivity index (χ2v) is 6.96. The van der Waals surface area contributed by atoms with E-state index in [9.17, 15) is 9.18 Å². The van der Waals surface area contributed by atoms with E-state index >= 15 is 0 Å². The van der Waals surface area contributed by atoms with Gasteiger partial charge in [-0.15, -0.1) is 11.8 Å². The summed E-state index contributed by atoms with van der Waals surface area (Å²) in [6, 6.07) is 12.5. The van der Waals surface area contributed by atoms with E-state index in [4.69, 9.17) is 0 Å². The second-order valence-electron chi connectivity index (χ2n) is 4.17. The number of benzene rings is 2. The molecule has 2 rings (SSSR count). The van der Waals surface area contributed by atoms with Gasteiger partial charge in [-0.3, -0.25) is 4.79 Å². The van der Waals surface area contributed by atoms with Crippen molar-refractivity contribution in [3.8, 4) is 0 Å². The van der Waals surface area contributed by atoms with Crippen LogP contribution in [0.25, 0.3) is 0 Å². The molecule has 0 bridgehead atoms. The van der Waals surface area contributed by atoms with Crippen LogP contribution in [0.15, 0.2) is 56.3 Å². The summed E-state index contributed by atoms with van der Waals surface area (Å²) in [5, 5.41) is 0. The summed E-state index contributed by atoms with van der Waals surface area (Å²) in [5.74, 6) is -0.0106. The van der Waals surface area contributed by atoms with Crippen molar-refractivity contribution in [1.82, 2.24) is 0 Å². The molecule has 0 saturated carbocycles. The van der Waals surface area contributed by atoms with Crippen molar-refractivity contribution >= 4 is 49.4 Å². The molecule has 0 fully saturated rings. The molecule has 0 unspecified atom stereocenters. The molecule has 104 valence electrons. The van der Waals surface area contributed by atoms with Crippen molar-refractivity contribution in [2.24, 2.45) is 0 Å². The van der Waals surface area contributed by atoms with Crippen LogP contribution >= 0.6 is 43.6 Å². The van der Waals surface area contributed by atoms with Crippen LogP contribution in [-0.4, -0.2) is 11.5 Å². The number of rotatable bonds is 5. The number of Topliss-reactive ketones (excluding diaryl/α,β-unsaturated/α-hetero) is 1. The Labute approximate surface area is 138 Å². The zero-order valence-electron chi connectivity index (χ0n) is 10.4. The van der Waals surface area contributed by atoms with E-state index < -0.39 is 0 Å². The Morgan fingerprint density at radius 3 is 2.60 bits per heavy atom. The minimum Gasteiger partial charge on any atom is -0.298 e. The zero-order chi connectivity index (χ0) is 14.5. The molecule has 0 aliphatic carbocycles. The summed E-state index contributed by atoms with van der Waals surface area (Å²) >= 11 is 8.09. The van der Waals surface area contributed by atoms with Crippen LogP contribution in [0.1, 0.15) is 5.56 Å². The average Bonchev–Trinajstić information content (AvgIpc) is 2.41.